The molecule has 0 aliphatic heterocycles. The summed E-state index contributed by atoms with van der Waals surface area (Å²) in [6, 6.07) is 8.73. The lowest BCUT2D eigenvalue weighted by molar-refractivity contribution is -0.142. The van der Waals surface area contributed by atoms with E-state index < -0.39 is 35.3 Å². The molecule has 3 heterocycles. The number of ketones is 1. The number of fused-ring (bicyclic) bond motifs is 1. The SMILES string of the molecule is CCC(C(=O)Cc1ccc2nc(C(F)(F)F)cnc2c1)n1cc(OC)c(-c2cc(Cl)ccc2-n2cc(C(F)(F)F)nn2)cc1=O. The average Bonchev–Trinajstić information content (AvgIpc) is 3.48. The molecule has 3 aromatic heterocycles. The van der Waals surface area contributed by atoms with Gasteiger partial charge in [0.1, 0.15) is 5.75 Å². The number of carbonyl (C=O) groups is 1. The fourth-order valence-electron chi connectivity index (χ4n) is 4.78. The molecule has 0 spiro atoms. The number of nitrogens with zero attached hydrogens (tertiary/aromatic N) is 6. The number of alkyl halides is 6. The van der Waals surface area contributed by atoms with Gasteiger partial charge in [0.25, 0.3) is 5.56 Å². The Morgan fingerprint density at radius 1 is 0.956 bits per heavy atom. The number of hydrogen-bond acceptors (Lipinski definition) is 7. The van der Waals surface area contributed by atoms with E-state index in [1.54, 1.807) is 6.92 Å². The van der Waals surface area contributed by atoms with E-state index in [-0.39, 0.29) is 57.2 Å². The zero-order valence-corrected chi connectivity index (χ0v) is 24.1. The van der Waals surface area contributed by atoms with Gasteiger partial charge in [-0.1, -0.05) is 29.8 Å². The van der Waals surface area contributed by atoms with E-state index in [1.807, 2.05) is 0 Å². The summed E-state index contributed by atoms with van der Waals surface area (Å²) in [6.45, 7) is 1.69. The topological polar surface area (TPSA) is 105 Å². The molecule has 0 saturated carbocycles. The zero-order valence-electron chi connectivity index (χ0n) is 23.3. The van der Waals surface area contributed by atoms with Crippen molar-refractivity contribution in [2.75, 3.05) is 7.11 Å². The molecule has 234 valence electrons. The number of rotatable bonds is 8. The normalized spacial score (nSPS) is 12.8. The summed E-state index contributed by atoms with van der Waals surface area (Å²) >= 11 is 6.20. The standard InChI is InChI=1S/C29H21ClF6N6O3/c1-3-21(23(43)9-15-4-6-19-20(8-15)37-12-25(38-19)28(31,32)33)41-13-24(45-2)18(11-27(41)44)17-10-16(30)5-7-22(17)42-14-26(39-40-42)29(34,35)36/h4-8,10-14,21H,3,9H2,1-2H3. The highest BCUT2D eigenvalue weighted by atomic mass is 35.5. The van der Waals surface area contributed by atoms with Crippen LogP contribution in [0.3, 0.4) is 0 Å². The molecule has 9 nitrogen and oxygen atoms in total. The van der Waals surface area contributed by atoms with Crippen LogP contribution >= 0.6 is 11.6 Å². The number of halogens is 7. The third-order valence-corrected chi connectivity index (χ3v) is 7.15. The van der Waals surface area contributed by atoms with Crippen LogP contribution in [-0.2, 0) is 23.6 Å². The minimum Gasteiger partial charge on any atom is -0.495 e. The van der Waals surface area contributed by atoms with Gasteiger partial charge in [0.05, 0.1) is 48.5 Å². The van der Waals surface area contributed by atoms with Gasteiger partial charge in [0, 0.05) is 28.6 Å². The average molecular weight is 651 g/mol. The van der Waals surface area contributed by atoms with Crippen molar-refractivity contribution >= 4 is 28.4 Å². The first kappa shape index (κ1) is 31.6. The Hall–Kier alpha value is -4.79. The van der Waals surface area contributed by atoms with Crippen molar-refractivity contribution in [2.24, 2.45) is 0 Å². The van der Waals surface area contributed by atoms with Crippen molar-refractivity contribution in [3.05, 3.63) is 93.4 Å². The monoisotopic (exact) mass is 650 g/mol. The molecule has 2 aromatic carbocycles. The number of benzene rings is 2. The minimum absolute atomic E-state index is 0.00511. The fraction of sp³-hybridized carbons (Fsp3) is 0.241. The van der Waals surface area contributed by atoms with Crippen molar-refractivity contribution in [1.82, 2.24) is 29.5 Å². The van der Waals surface area contributed by atoms with E-state index in [0.717, 1.165) is 4.68 Å². The summed E-state index contributed by atoms with van der Waals surface area (Å²) in [6.07, 6.45) is -6.73. The third-order valence-electron chi connectivity index (χ3n) is 6.91. The number of Topliss-reactive ketones (excluding diaryl/α,β-unsaturated/α-hetero) is 1. The second-order valence-electron chi connectivity index (χ2n) is 9.85. The van der Waals surface area contributed by atoms with Gasteiger partial charge in [-0.05, 0) is 42.3 Å². The van der Waals surface area contributed by atoms with Crippen LogP contribution < -0.4 is 10.3 Å². The van der Waals surface area contributed by atoms with Gasteiger partial charge < -0.3 is 9.30 Å². The van der Waals surface area contributed by atoms with E-state index in [1.165, 1.54) is 60.3 Å². The maximum absolute atomic E-state index is 13.4. The van der Waals surface area contributed by atoms with E-state index in [2.05, 4.69) is 20.3 Å². The van der Waals surface area contributed by atoms with Crippen molar-refractivity contribution in [3.8, 4) is 22.6 Å². The van der Waals surface area contributed by atoms with Gasteiger partial charge in [-0.3, -0.25) is 14.6 Å². The fourth-order valence-corrected chi connectivity index (χ4v) is 4.95. The lowest BCUT2D eigenvalue weighted by atomic mass is 10.00. The quantitative estimate of drug-likeness (QED) is 0.177. The lowest BCUT2D eigenvalue weighted by Crippen LogP contribution is -2.30. The first-order valence-electron chi connectivity index (χ1n) is 13.1. The van der Waals surface area contributed by atoms with Gasteiger partial charge in [0.2, 0.25) is 0 Å². The molecular formula is C29H21ClF6N6O3. The van der Waals surface area contributed by atoms with Crippen LogP contribution in [0.5, 0.6) is 5.75 Å². The van der Waals surface area contributed by atoms with Gasteiger partial charge in [-0.15, -0.1) is 5.10 Å². The summed E-state index contributed by atoms with van der Waals surface area (Å²) in [7, 11) is 1.32. The van der Waals surface area contributed by atoms with E-state index >= 15 is 0 Å². The molecule has 5 aromatic rings. The van der Waals surface area contributed by atoms with Crippen molar-refractivity contribution in [2.45, 2.75) is 38.2 Å². The molecule has 0 saturated heterocycles. The molecule has 0 bridgehead atoms. The van der Waals surface area contributed by atoms with Crippen LogP contribution in [0.2, 0.25) is 5.02 Å². The summed E-state index contributed by atoms with van der Waals surface area (Å²) in [5, 5.41) is 6.98. The Morgan fingerprint density at radius 3 is 2.33 bits per heavy atom. The maximum Gasteiger partial charge on any atom is 0.436 e. The van der Waals surface area contributed by atoms with Crippen LogP contribution in [0.25, 0.3) is 27.8 Å². The third kappa shape index (κ3) is 6.53. The Kier molecular flexibility index (Phi) is 8.40. The number of pyridine rings is 1. The van der Waals surface area contributed by atoms with E-state index in [0.29, 0.717) is 18.0 Å². The van der Waals surface area contributed by atoms with Gasteiger partial charge in [0.15, 0.2) is 17.2 Å². The van der Waals surface area contributed by atoms with Crippen molar-refractivity contribution in [1.29, 1.82) is 0 Å². The molecule has 0 amide bonds. The molecule has 0 N–H and O–H groups in total. The van der Waals surface area contributed by atoms with E-state index in [4.69, 9.17) is 16.3 Å². The van der Waals surface area contributed by atoms with E-state index in [9.17, 15) is 35.9 Å². The Morgan fingerprint density at radius 2 is 1.69 bits per heavy atom. The predicted molar refractivity (Wildman–Crippen MR) is 150 cm³/mol. The number of aromatic nitrogens is 6. The molecule has 45 heavy (non-hydrogen) atoms. The second-order valence-corrected chi connectivity index (χ2v) is 10.3. The molecule has 5 rings (SSSR count). The van der Waals surface area contributed by atoms with Crippen LogP contribution in [-0.4, -0.2) is 42.4 Å². The number of ether oxygens (including phenoxy) is 1. The Labute approximate surface area is 255 Å². The van der Waals surface area contributed by atoms with Crippen LogP contribution in [0.1, 0.15) is 36.3 Å². The first-order valence-corrected chi connectivity index (χ1v) is 13.5. The molecule has 0 aliphatic rings. The molecule has 16 heteroatoms. The van der Waals surface area contributed by atoms with Crippen molar-refractivity contribution in [3.63, 3.8) is 0 Å². The second kappa shape index (κ2) is 12.0. The van der Waals surface area contributed by atoms with Crippen molar-refractivity contribution < 1.29 is 35.9 Å². The molecule has 0 aliphatic carbocycles. The smallest absolute Gasteiger partial charge is 0.436 e. The Bertz CT molecular complexity index is 1970. The highest BCUT2D eigenvalue weighted by molar-refractivity contribution is 6.31. The summed E-state index contributed by atoms with van der Waals surface area (Å²) in [4.78, 5) is 34.2. The zero-order chi connectivity index (χ0) is 32.7. The van der Waals surface area contributed by atoms with Gasteiger partial charge >= 0.3 is 12.4 Å². The molecule has 0 radical (unpaired) electrons. The summed E-state index contributed by atoms with van der Waals surface area (Å²) < 4.78 is 86.1. The van der Waals surface area contributed by atoms with Gasteiger partial charge in [-0.25, -0.2) is 9.67 Å². The largest absolute Gasteiger partial charge is 0.495 e. The van der Waals surface area contributed by atoms with Gasteiger partial charge in [-0.2, -0.15) is 26.3 Å². The molecular weight excluding hydrogens is 630 g/mol. The van der Waals surface area contributed by atoms with Crippen LogP contribution in [0, 0.1) is 0 Å². The number of methoxy groups -OCH3 is 1. The summed E-state index contributed by atoms with van der Waals surface area (Å²) in [5.41, 5.74) is -1.84. The number of hydrogen-bond donors (Lipinski definition) is 0. The highest BCUT2D eigenvalue weighted by Crippen LogP contribution is 2.36. The van der Waals surface area contributed by atoms with Crippen LogP contribution in [0.4, 0.5) is 26.3 Å². The minimum atomic E-state index is -4.73. The molecule has 1 atom stereocenters. The highest BCUT2D eigenvalue weighted by Gasteiger charge is 2.35. The summed E-state index contributed by atoms with van der Waals surface area (Å²) in [5.74, 6) is -0.263. The lowest BCUT2D eigenvalue weighted by Gasteiger charge is -2.20. The molecule has 0 fully saturated rings. The molecule has 1 unspecified atom stereocenters. The Balaban J connectivity index is 1.48. The van der Waals surface area contributed by atoms with Crippen LogP contribution in [0.15, 0.2) is 65.8 Å². The maximum atomic E-state index is 13.4. The number of carbonyl (C=O) groups excluding carboxylic acids is 1. The first-order chi connectivity index (χ1) is 21.2. The predicted octanol–water partition coefficient (Wildman–Crippen LogP) is 6.50.